The number of fused-ring (bicyclic) bond motifs is 1. The lowest BCUT2D eigenvalue weighted by atomic mass is 10.1. The zero-order chi connectivity index (χ0) is 20.3. The molecule has 1 aromatic heterocycles. The van der Waals surface area contributed by atoms with Crippen molar-refractivity contribution >= 4 is 22.8 Å². The average Bonchev–Trinajstić information content (AvgIpc) is 2.71. The molecule has 0 bridgehead atoms. The van der Waals surface area contributed by atoms with Gasteiger partial charge < -0.3 is 14.8 Å². The fraction of sp³-hybridized carbons (Fsp3) is 0.500. The smallest absolute Gasteiger partial charge is 0.317 e. The molecule has 1 fully saturated rings. The van der Waals surface area contributed by atoms with Crippen molar-refractivity contribution in [1.82, 2.24) is 19.4 Å². The molecule has 8 nitrogen and oxygen atoms in total. The summed E-state index contributed by atoms with van der Waals surface area (Å²) in [5.74, 6) is -0.592. The standard InChI is InChI=1S/C20H26N4O4/c1-3-23-15-9-5-6-10-16(15)24(20(28)19(23)27)13-17(25)21-14(2)18(26)22-11-7-4-8-12-22/h5-6,9-10,14H,3-4,7-8,11-13H2,1-2H3,(H,21,25)/t14-/m0/s1. The van der Waals surface area contributed by atoms with Crippen LogP contribution in [0.25, 0.3) is 11.0 Å². The minimum absolute atomic E-state index is 0.119. The van der Waals surface area contributed by atoms with Crippen molar-refractivity contribution in [2.75, 3.05) is 13.1 Å². The Morgan fingerprint density at radius 2 is 1.57 bits per heavy atom. The van der Waals surface area contributed by atoms with Gasteiger partial charge in [0.25, 0.3) is 0 Å². The van der Waals surface area contributed by atoms with E-state index in [0.29, 0.717) is 30.7 Å². The van der Waals surface area contributed by atoms with Crippen LogP contribution in [-0.2, 0) is 22.7 Å². The zero-order valence-corrected chi connectivity index (χ0v) is 16.3. The molecule has 2 amide bonds. The van der Waals surface area contributed by atoms with Crippen LogP contribution >= 0.6 is 0 Å². The molecule has 0 unspecified atom stereocenters. The Balaban J connectivity index is 1.82. The molecule has 1 aliphatic heterocycles. The number of aryl methyl sites for hydroxylation is 1. The van der Waals surface area contributed by atoms with Crippen LogP contribution in [-0.4, -0.2) is 45.0 Å². The fourth-order valence-electron chi connectivity index (χ4n) is 3.72. The highest BCUT2D eigenvalue weighted by atomic mass is 16.2. The number of piperidine rings is 1. The Labute approximate surface area is 162 Å². The van der Waals surface area contributed by atoms with E-state index in [2.05, 4.69) is 5.32 Å². The summed E-state index contributed by atoms with van der Waals surface area (Å²) >= 11 is 0. The Morgan fingerprint density at radius 3 is 2.18 bits per heavy atom. The minimum atomic E-state index is -0.745. The number of para-hydroxylation sites is 2. The predicted molar refractivity (Wildman–Crippen MR) is 106 cm³/mol. The third kappa shape index (κ3) is 3.85. The van der Waals surface area contributed by atoms with Crippen LogP contribution in [0.4, 0.5) is 0 Å². The summed E-state index contributed by atoms with van der Waals surface area (Å²) in [4.78, 5) is 51.7. The monoisotopic (exact) mass is 386 g/mol. The Kier molecular flexibility index (Phi) is 5.96. The molecule has 1 aromatic carbocycles. The summed E-state index contributed by atoms with van der Waals surface area (Å²) in [6, 6.07) is 6.31. The first-order valence-corrected chi connectivity index (χ1v) is 9.74. The number of likely N-dealkylation sites (tertiary alicyclic amines) is 1. The summed E-state index contributed by atoms with van der Waals surface area (Å²) in [5, 5.41) is 2.67. The Morgan fingerprint density at radius 1 is 1.00 bits per heavy atom. The van der Waals surface area contributed by atoms with Gasteiger partial charge in [-0.2, -0.15) is 0 Å². The average molecular weight is 386 g/mol. The second kappa shape index (κ2) is 8.41. The second-order valence-electron chi connectivity index (χ2n) is 7.10. The topological polar surface area (TPSA) is 93.4 Å². The van der Waals surface area contributed by atoms with Gasteiger partial charge in [0.2, 0.25) is 11.8 Å². The maximum absolute atomic E-state index is 12.5. The molecule has 150 valence electrons. The second-order valence-corrected chi connectivity index (χ2v) is 7.10. The van der Waals surface area contributed by atoms with E-state index < -0.39 is 23.1 Å². The summed E-state index contributed by atoms with van der Waals surface area (Å²) < 4.78 is 2.58. The summed E-state index contributed by atoms with van der Waals surface area (Å²) in [7, 11) is 0. The van der Waals surface area contributed by atoms with Crippen LogP contribution in [0.15, 0.2) is 33.9 Å². The highest BCUT2D eigenvalue weighted by Gasteiger charge is 2.24. The number of benzene rings is 1. The number of carbonyl (C=O) groups excluding carboxylic acids is 2. The summed E-state index contributed by atoms with van der Waals surface area (Å²) in [6.45, 7) is 4.90. The van der Waals surface area contributed by atoms with Gasteiger partial charge >= 0.3 is 11.1 Å². The SMILES string of the molecule is CCn1c(=O)c(=O)n(CC(=O)N[C@@H](C)C(=O)N2CCCCC2)c2ccccc21. The van der Waals surface area contributed by atoms with Gasteiger partial charge in [-0.05, 0) is 45.2 Å². The highest BCUT2D eigenvalue weighted by Crippen LogP contribution is 2.11. The maximum atomic E-state index is 12.5. The molecule has 1 atom stereocenters. The largest absolute Gasteiger partial charge is 0.343 e. The van der Waals surface area contributed by atoms with Gasteiger partial charge in [-0.1, -0.05) is 12.1 Å². The van der Waals surface area contributed by atoms with Crippen molar-refractivity contribution in [2.24, 2.45) is 0 Å². The third-order valence-electron chi connectivity index (χ3n) is 5.17. The molecule has 0 aliphatic carbocycles. The molecule has 2 heterocycles. The van der Waals surface area contributed by atoms with Crippen molar-refractivity contribution in [2.45, 2.75) is 52.2 Å². The normalized spacial score (nSPS) is 15.4. The molecule has 1 saturated heterocycles. The van der Waals surface area contributed by atoms with Gasteiger partial charge in [0.1, 0.15) is 12.6 Å². The first-order valence-electron chi connectivity index (χ1n) is 9.74. The van der Waals surface area contributed by atoms with Crippen molar-refractivity contribution in [3.63, 3.8) is 0 Å². The molecular weight excluding hydrogens is 360 g/mol. The van der Waals surface area contributed by atoms with Crippen LogP contribution in [0, 0.1) is 0 Å². The Bertz CT molecular complexity index is 1000. The van der Waals surface area contributed by atoms with E-state index in [0.717, 1.165) is 19.3 Å². The van der Waals surface area contributed by atoms with Gasteiger partial charge in [-0.15, -0.1) is 0 Å². The van der Waals surface area contributed by atoms with Crippen molar-refractivity contribution in [3.8, 4) is 0 Å². The number of nitrogens with zero attached hydrogens (tertiary/aromatic N) is 3. The van der Waals surface area contributed by atoms with Gasteiger partial charge in [0.05, 0.1) is 11.0 Å². The summed E-state index contributed by atoms with van der Waals surface area (Å²) in [6.07, 6.45) is 3.06. The van der Waals surface area contributed by atoms with E-state index in [1.54, 1.807) is 43.0 Å². The van der Waals surface area contributed by atoms with Gasteiger partial charge in [0, 0.05) is 19.6 Å². The first kappa shape index (κ1) is 19.9. The van der Waals surface area contributed by atoms with Crippen molar-refractivity contribution in [1.29, 1.82) is 0 Å². The van der Waals surface area contributed by atoms with E-state index in [1.165, 1.54) is 9.13 Å². The number of aromatic nitrogens is 2. The lowest BCUT2D eigenvalue weighted by Crippen LogP contribution is -2.50. The number of carbonyl (C=O) groups is 2. The van der Waals surface area contributed by atoms with Crippen LogP contribution < -0.4 is 16.4 Å². The van der Waals surface area contributed by atoms with E-state index in [-0.39, 0.29) is 12.5 Å². The van der Waals surface area contributed by atoms with E-state index in [9.17, 15) is 19.2 Å². The lowest BCUT2D eigenvalue weighted by molar-refractivity contribution is -0.136. The van der Waals surface area contributed by atoms with Crippen LogP contribution in [0.2, 0.25) is 0 Å². The molecule has 28 heavy (non-hydrogen) atoms. The molecule has 3 rings (SSSR count). The van der Waals surface area contributed by atoms with Crippen LogP contribution in [0.3, 0.4) is 0 Å². The fourth-order valence-corrected chi connectivity index (χ4v) is 3.72. The quantitative estimate of drug-likeness (QED) is 0.766. The van der Waals surface area contributed by atoms with E-state index in [4.69, 9.17) is 0 Å². The summed E-state index contributed by atoms with van der Waals surface area (Å²) in [5.41, 5.74) is -0.295. The van der Waals surface area contributed by atoms with Crippen LogP contribution in [0.1, 0.15) is 33.1 Å². The first-order chi connectivity index (χ1) is 13.4. The number of nitrogens with one attached hydrogen (secondary N) is 1. The van der Waals surface area contributed by atoms with Gasteiger partial charge in [-0.3, -0.25) is 23.7 Å². The molecule has 0 radical (unpaired) electrons. The van der Waals surface area contributed by atoms with Crippen LogP contribution in [0.5, 0.6) is 0 Å². The van der Waals surface area contributed by atoms with E-state index in [1.807, 2.05) is 0 Å². The molecular formula is C20H26N4O4. The predicted octanol–water partition coefficient (Wildman–Crippen LogP) is 0.700. The lowest BCUT2D eigenvalue weighted by Gasteiger charge is -2.29. The molecule has 1 N–H and O–H groups in total. The molecule has 8 heteroatoms. The molecule has 2 aromatic rings. The Hall–Kier alpha value is -2.90. The van der Waals surface area contributed by atoms with E-state index >= 15 is 0 Å². The number of hydrogen-bond acceptors (Lipinski definition) is 4. The number of rotatable bonds is 5. The number of amides is 2. The highest BCUT2D eigenvalue weighted by molar-refractivity contribution is 5.88. The zero-order valence-electron chi connectivity index (χ0n) is 16.3. The van der Waals surface area contributed by atoms with Gasteiger partial charge in [0.15, 0.2) is 0 Å². The molecule has 0 saturated carbocycles. The number of hydrogen-bond donors (Lipinski definition) is 1. The van der Waals surface area contributed by atoms with Crippen molar-refractivity contribution in [3.05, 3.63) is 45.0 Å². The molecule has 0 spiro atoms. The minimum Gasteiger partial charge on any atom is -0.343 e. The maximum Gasteiger partial charge on any atom is 0.317 e. The molecule has 1 aliphatic rings. The third-order valence-corrected chi connectivity index (χ3v) is 5.17. The van der Waals surface area contributed by atoms with Gasteiger partial charge in [-0.25, -0.2) is 0 Å². The van der Waals surface area contributed by atoms with Crippen molar-refractivity contribution < 1.29 is 9.59 Å².